The summed E-state index contributed by atoms with van der Waals surface area (Å²) in [5, 5.41) is 23.3. The monoisotopic (exact) mass is 572 g/mol. The first-order valence-corrected chi connectivity index (χ1v) is 13.2. The second kappa shape index (κ2) is 11.5. The Kier molecular flexibility index (Phi) is 7.92. The number of benzene rings is 2. The lowest BCUT2D eigenvalue weighted by atomic mass is 10.0. The van der Waals surface area contributed by atoms with Gasteiger partial charge in [-0.15, -0.1) is 10.2 Å². The average Bonchev–Trinajstić information content (AvgIpc) is 3.64. The molecule has 3 heterocycles. The van der Waals surface area contributed by atoms with Crippen molar-refractivity contribution in [1.82, 2.24) is 40.6 Å². The minimum absolute atomic E-state index is 0.157. The topological polar surface area (TPSA) is 122 Å². The highest BCUT2D eigenvalue weighted by Crippen LogP contribution is 2.34. The predicted octanol–water partition coefficient (Wildman–Crippen LogP) is 4.35. The summed E-state index contributed by atoms with van der Waals surface area (Å²) >= 11 is 18.9. The largest absolute Gasteiger partial charge is 0.351 e. The molecule has 0 bridgehead atoms. The van der Waals surface area contributed by atoms with Crippen molar-refractivity contribution < 1.29 is 9.59 Å². The first-order chi connectivity index (χ1) is 18.4. The number of carbonyl (C=O) groups is 2. The molecule has 2 aromatic carbocycles. The zero-order chi connectivity index (χ0) is 26.6. The molecule has 2 aromatic heterocycles. The summed E-state index contributed by atoms with van der Waals surface area (Å²) in [5.41, 5.74) is 2.72. The van der Waals surface area contributed by atoms with E-state index in [0.29, 0.717) is 63.8 Å². The van der Waals surface area contributed by atoms with Crippen molar-refractivity contribution in [3.05, 3.63) is 74.6 Å². The van der Waals surface area contributed by atoms with Crippen LogP contribution in [0.25, 0.3) is 16.9 Å². The Morgan fingerprint density at radius 3 is 2.55 bits per heavy atom. The lowest BCUT2D eigenvalue weighted by molar-refractivity contribution is -0.127. The molecule has 5 rings (SSSR count). The Morgan fingerprint density at radius 2 is 1.87 bits per heavy atom. The molecular weight excluding hydrogens is 551 g/mol. The number of nitrogens with one attached hydrogen (secondary N) is 2. The van der Waals surface area contributed by atoms with Crippen LogP contribution >= 0.6 is 34.8 Å². The molecule has 38 heavy (non-hydrogen) atoms. The number of hydrogen-bond acceptors (Lipinski definition) is 6. The molecule has 0 aliphatic carbocycles. The number of rotatable bonds is 9. The summed E-state index contributed by atoms with van der Waals surface area (Å²) < 4.78 is 1.62. The van der Waals surface area contributed by atoms with E-state index in [1.54, 1.807) is 35.0 Å². The van der Waals surface area contributed by atoms with Crippen molar-refractivity contribution in [3.63, 3.8) is 0 Å². The van der Waals surface area contributed by atoms with Gasteiger partial charge in [-0.3, -0.25) is 9.59 Å². The Bertz CT molecular complexity index is 1450. The van der Waals surface area contributed by atoms with E-state index in [-0.39, 0.29) is 23.9 Å². The molecule has 2 amide bonds. The molecule has 1 fully saturated rings. The number of hydrogen-bond donors (Lipinski definition) is 2. The van der Waals surface area contributed by atoms with Crippen LogP contribution in [0.4, 0.5) is 0 Å². The second-order valence-corrected chi connectivity index (χ2v) is 10.1. The van der Waals surface area contributed by atoms with Gasteiger partial charge in [-0.25, -0.2) is 4.68 Å². The zero-order valence-corrected chi connectivity index (χ0v) is 22.4. The van der Waals surface area contributed by atoms with Gasteiger partial charge in [0.2, 0.25) is 5.91 Å². The van der Waals surface area contributed by atoms with E-state index in [9.17, 15) is 9.59 Å². The summed E-state index contributed by atoms with van der Waals surface area (Å²) in [6, 6.07) is 12.3. The van der Waals surface area contributed by atoms with E-state index in [1.807, 2.05) is 17.0 Å². The van der Waals surface area contributed by atoms with Gasteiger partial charge in [0.25, 0.3) is 5.91 Å². The van der Waals surface area contributed by atoms with E-state index in [2.05, 4.69) is 25.9 Å². The number of likely N-dealkylation sites (tertiary alicyclic amines) is 1. The summed E-state index contributed by atoms with van der Waals surface area (Å²) in [6.07, 6.45) is 2.28. The van der Waals surface area contributed by atoms with Gasteiger partial charge < -0.3 is 10.2 Å². The molecule has 13 heteroatoms. The fraction of sp³-hybridized carbons (Fsp3) is 0.280. The number of tetrazole rings is 1. The van der Waals surface area contributed by atoms with Crippen LogP contribution in [0.2, 0.25) is 15.1 Å². The fourth-order valence-corrected chi connectivity index (χ4v) is 5.06. The number of amides is 2. The second-order valence-electron chi connectivity index (χ2n) is 8.79. The van der Waals surface area contributed by atoms with Gasteiger partial charge >= 0.3 is 0 Å². The molecule has 196 valence electrons. The van der Waals surface area contributed by atoms with Crippen molar-refractivity contribution in [2.45, 2.75) is 25.7 Å². The number of H-pyrrole nitrogens is 1. The van der Waals surface area contributed by atoms with Gasteiger partial charge in [-0.2, -0.15) is 10.3 Å². The van der Waals surface area contributed by atoms with Gasteiger partial charge in [-0.1, -0.05) is 52.1 Å². The Labute approximate surface area is 233 Å². The molecular formula is C25H23Cl3N8O2. The highest BCUT2D eigenvalue weighted by Gasteiger charge is 2.27. The van der Waals surface area contributed by atoms with Gasteiger partial charge in [0.15, 0.2) is 11.5 Å². The van der Waals surface area contributed by atoms with Crippen LogP contribution in [0.15, 0.2) is 42.5 Å². The van der Waals surface area contributed by atoms with Crippen molar-refractivity contribution in [3.8, 4) is 16.9 Å². The maximum Gasteiger partial charge on any atom is 0.272 e. The fourth-order valence-electron chi connectivity index (χ4n) is 4.44. The SMILES string of the molecule is O=C(NCCCN1CCCC1=O)c1nn(-c2ccc(Cl)cc2Cl)c(-c2ccc(Cl)cc2)c1Cc1nn[nH]n1. The summed E-state index contributed by atoms with van der Waals surface area (Å²) in [4.78, 5) is 27.2. The average molecular weight is 574 g/mol. The number of aromatic amines is 1. The van der Waals surface area contributed by atoms with Gasteiger partial charge in [0.1, 0.15) is 0 Å². The molecule has 10 nitrogen and oxygen atoms in total. The quantitative estimate of drug-likeness (QED) is 0.287. The minimum Gasteiger partial charge on any atom is -0.351 e. The molecule has 0 atom stereocenters. The molecule has 2 N–H and O–H groups in total. The third-order valence-electron chi connectivity index (χ3n) is 6.24. The molecule has 1 aliphatic heterocycles. The van der Waals surface area contributed by atoms with Crippen molar-refractivity contribution in [2.24, 2.45) is 0 Å². The van der Waals surface area contributed by atoms with Crippen LogP contribution in [0.1, 0.15) is 41.1 Å². The molecule has 1 aliphatic rings. The van der Waals surface area contributed by atoms with Crippen molar-refractivity contribution >= 4 is 46.6 Å². The Balaban J connectivity index is 1.53. The van der Waals surface area contributed by atoms with Crippen molar-refractivity contribution in [1.29, 1.82) is 0 Å². The number of nitrogens with zero attached hydrogens (tertiary/aromatic N) is 6. The Hall–Kier alpha value is -3.47. The molecule has 4 aromatic rings. The number of aromatic nitrogens is 6. The number of carbonyl (C=O) groups excluding carboxylic acids is 2. The van der Waals surface area contributed by atoms with Crippen molar-refractivity contribution in [2.75, 3.05) is 19.6 Å². The van der Waals surface area contributed by atoms with Crippen LogP contribution in [0, 0.1) is 0 Å². The third-order valence-corrected chi connectivity index (χ3v) is 7.03. The van der Waals surface area contributed by atoms with E-state index in [1.165, 1.54) is 0 Å². The highest BCUT2D eigenvalue weighted by molar-refractivity contribution is 6.35. The zero-order valence-electron chi connectivity index (χ0n) is 20.1. The highest BCUT2D eigenvalue weighted by atomic mass is 35.5. The van der Waals surface area contributed by atoms with E-state index in [4.69, 9.17) is 39.9 Å². The van der Waals surface area contributed by atoms with Crippen LogP contribution in [0.5, 0.6) is 0 Å². The van der Waals surface area contributed by atoms with Crippen LogP contribution in [-0.2, 0) is 11.2 Å². The minimum atomic E-state index is -0.365. The lowest BCUT2D eigenvalue weighted by Gasteiger charge is -2.15. The van der Waals surface area contributed by atoms with Crippen LogP contribution in [-0.4, -0.2) is 66.8 Å². The molecule has 0 unspecified atom stereocenters. The summed E-state index contributed by atoms with van der Waals surface area (Å²) in [5.74, 6) is 0.184. The molecule has 0 saturated carbocycles. The van der Waals surface area contributed by atoms with Gasteiger partial charge in [-0.05, 0) is 43.2 Å². The van der Waals surface area contributed by atoms with Crippen LogP contribution < -0.4 is 5.32 Å². The predicted molar refractivity (Wildman–Crippen MR) is 144 cm³/mol. The Morgan fingerprint density at radius 1 is 1.08 bits per heavy atom. The van der Waals surface area contributed by atoms with E-state index < -0.39 is 0 Å². The lowest BCUT2D eigenvalue weighted by Crippen LogP contribution is -2.31. The van der Waals surface area contributed by atoms with Crippen LogP contribution in [0.3, 0.4) is 0 Å². The smallest absolute Gasteiger partial charge is 0.272 e. The first kappa shape index (κ1) is 26.1. The third kappa shape index (κ3) is 5.67. The molecule has 0 radical (unpaired) electrons. The summed E-state index contributed by atoms with van der Waals surface area (Å²) in [6.45, 7) is 1.74. The van der Waals surface area contributed by atoms with E-state index in [0.717, 1.165) is 18.5 Å². The standard InChI is InChI=1S/C25H23Cl3N8O2/c26-16-6-4-15(5-7-16)24-18(14-21-30-33-34-31-21)23(32-36(24)20-9-8-17(27)13-19(20)28)25(38)29-10-2-12-35-11-1-3-22(35)37/h4-9,13H,1-3,10-12,14H2,(H,29,38)(H,30,31,33,34). The maximum absolute atomic E-state index is 13.5. The molecule has 1 saturated heterocycles. The first-order valence-electron chi connectivity index (χ1n) is 12.0. The van der Waals surface area contributed by atoms with Gasteiger partial charge in [0, 0.05) is 53.6 Å². The normalized spacial score (nSPS) is 13.3. The maximum atomic E-state index is 13.5. The molecule has 0 spiro atoms. The number of halogens is 3. The van der Waals surface area contributed by atoms with E-state index >= 15 is 0 Å². The van der Waals surface area contributed by atoms with Gasteiger partial charge in [0.05, 0.1) is 16.4 Å². The summed E-state index contributed by atoms with van der Waals surface area (Å²) in [7, 11) is 0.